The van der Waals surface area contributed by atoms with Crippen LogP contribution < -0.4 is 0 Å². The van der Waals surface area contributed by atoms with Crippen molar-refractivity contribution in [3.63, 3.8) is 0 Å². The van der Waals surface area contributed by atoms with Crippen molar-refractivity contribution in [3.05, 3.63) is 40.9 Å². The number of rotatable bonds is 2. The predicted molar refractivity (Wildman–Crippen MR) is 66.6 cm³/mol. The highest BCUT2D eigenvalue weighted by Crippen LogP contribution is 2.29. The Hall–Kier alpha value is -1.74. The normalized spacial score (nSPS) is 10.5. The highest BCUT2D eigenvalue weighted by atomic mass is 35.5. The van der Waals surface area contributed by atoms with Crippen molar-refractivity contribution in [2.24, 2.45) is 0 Å². The number of hydrogen-bond acceptors (Lipinski definition) is 3. The number of hydrogen-bond donors (Lipinski definition) is 1. The van der Waals surface area contributed by atoms with Gasteiger partial charge in [-0.3, -0.25) is 0 Å². The first-order chi connectivity index (χ1) is 8.11. The lowest BCUT2D eigenvalue weighted by Crippen LogP contribution is -2.04. The number of fused-ring (bicyclic) bond motifs is 1. The molecule has 88 valence electrons. The smallest absolute Gasteiger partial charge is 0.338 e. The molecule has 0 saturated heterocycles. The zero-order valence-corrected chi connectivity index (χ0v) is 9.99. The van der Waals surface area contributed by atoms with Crippen molar-refractivity contribution in [1.82, 2.24) is 0 Å². The number of esters is 1. The van der Waals surface area contributed by atoms with Gasteiger partial charge in [0.25, 0.3) is 0 Å². The Morgan fingerprint density at radius 1 is 1.35 bits per heavy atom. The number of ether oxygens (including phenoxy) is 1. The lowest BCUT2D eigenvalue weighted by atomic mass is 10.1. The summed E-state index contributed by atoms with van der Waals surface area (Å²) in [4.78, 5) is 11.6. The van der Waals surface area contributed by atoms with E-state index in [9.17, 15) is 9.90 Å². The van der Waals surface area contributed by atoms with E-state index in [1.54, 1.807) is 31.2 Å². The van der Waals surface area contributed by atoms with Gasteiger partial charge in [0.1, 0.15) is 5.75 Å². The molecule has 2 aromatic rings. The largest absolute Gasteiger partial charge is 0.507 e. The predicted octanol–water partition coefficient (Wildman–Crippen LogP) is 3.38. The van der Waals surface area contributed by atoms with Crippen LogP contribution in [-0.4, -0.2) is 17.7 Å². The topological polar surface area (TPSA) is 46.5 Å². The number of aromatic hydroxyl groups is 1. The first-order valence-corrected chi connectivity index (χ1v) is 5.59. The van der Waals surface area contributed by atoms with Crippen LogP contribution in [0.1, 0.15) is 17.3 Å². The summed E-state index contributed by atoms with van der Waals surface area (Å²) < 4.78 is 4.88. The number of carbonyl (C=O) groups excluding carboxylic acids is 1. The maximum Gasteiger partial charge on any atom is 0.338 e. The second-order valence-corrected chi connectivity index (χ2v) is 4.02. The van der Waals surface area contributed by atoms with E-state index in [0.717, 1.165) is 0 Å². The van der Waals surface area contributed by atoms with E-state index < -0.39 is 5.97 Å². The van der Waals surface area contributed by atoms with Crippen LogP contribution in [0.4, 0.5) is 0 Å². The van der Waals surface area contributed by atoms with Gasteiger partial charge in [-0.25, -0.2) is 4.79 Å². The van der Waals surface area contributed by atoms with Crippen molar-refractivity contribution in [1.29, 1.82) is 0 Å². The first-order valence-electron chi connectivity index (χ1n) is 5.21. The Morgan fingerprint density at radius 3 is 2.82 bits per heavy atom. The minimum Gasteiger partial charge on any atom is -0.507 e. The van der Waals surface area contributed by atoms with Crippen LogP contribution in [0, 0.1) is 0 Å². The lowest BCUT2D eigenvalue weighted by molar-refractivity contribution is 0.0526. The zero-order valence-electron chi connectivity index (χ0n) is 9.24. The molecule has 0 fully saturated rings. The summed E-state index contributed by atoms with van der Waals surface area (Å²) in [7, 11) is 0. The first kappa shape index (κ1) is 11.7. The average molecular weight is 251 g/mol. The number of phenolic OH excluding ortho intramolecular Hbond substituents is 1. The minimum absolute atomic E-state index is 0.0437. The van der Waals surface area contributed by atoms with Crippen molar-refractivity contribution >= 4 is 28.3 Å². The fourth-order valence-electron chi connectivity index (χ4n) is 1.65. The molecule has 0 bridgehead atoms. The van der Waals surface area contributed by atoms with Crippen molar-refractivity contribution in [2.45, 2.75) is 6.92 Å². The van der Waals surface area contributed by atoms with Gasteiger partial charge in [0.2, 0.25) is 0 Å². The number of halogens is 1. The molecule has 0 saturated carbocycles. The molecule has 0 spiro atoms. The summed E-state index contributed by atoms with van der Waals surface area (Å²) in [5.74, 6) is -0.410. The number of phenols is 1. The molecular formula is C13H11ClO3. The van der Waals surface area contributed by atoms with Gasteiger partial charge in [-0.15, -0.1) is 0 Å². The van der Waals surface area contributed by atoms with Crippen LogP contribution >= 0.6 is 11.6 Å². The Balaban J connectivity index is 2.57. The van der Waals surface area contributed by atoms with Crippen molar-refractivity contribution in [3.8, 4) is 5.75 Å². The second-order valence-electron chi connectivity index (χ2n) is 3.58. The molecule has 0 amide bonds. The number of benzene rings is 2. The van der Waals surface area contributed by atoms with E-state index in [1.165, 1.54) is 6.07 Å². The highest BCUT2D eigenvalue weighted by Gasteiger charge is 2.10. The third-order valence-electron chi connectivity index (χ3n) is 2.40. The maximum absolute atomic E-state index is 11.6. The van der Waals surface area contributed by atoms with Crippen LogP contribution in [-0.2, 0) is 4.74 Å². The van der Waals surface area contributed by atoms with Crippen molar-refractivity contribution in [2.75, 3.05) is 6.61 Å². The van der Waals surface area contributed by atoms with Crippen LogP contribution in [0.15, 0.2) is 30.3 Å². The van der Waals surface area contributed by atoms with Gasteiger partial charge in [-0.1, -0.05) is 11.6 Å². The molecule has 2 rings (SSSR count). The molecule has 0 atom stereocenters. The summed E-state index contributed by atoms with van der Waals surface area (Å²) in [6, 6.07) is 8.14. The quantitative estimate of drug-likeness (QED) is 0.832. The van der Waals surface area contributed by atoms with Gasteiger partial charge >= 0.3 is 5.97 Å². The molecule has 0 aliphatic rings. The van der Waals surface area contributed by atoms with Gasteiger partial charge in [-0.2, -0.15) is 0 Å². The lowest BCUT2D eigenvalue weighted by Gasteiger charge is -2.06. The summed E-state index contributed by atoms with van der Waals surface area (Å²) in [5, 5.41) is 11.7. The van der Waals surface area contributed by atoms with Gasteiger partial charge in [-0.05, 0) is 42.6 Å². The Kier molecular flexibility index (Phi) is 3.20. The molecular weight excluding hydrogens is 240 g/mol. The minimum atomic E-state index is -0.454. The Bertz CT molecular complexity index is 578. The fraction of sp³-hybridized carbons (Fsp3) is 0.154. The second kappa shape index (κ2) is 4.63. The molecule has 3 nitrogen and oxygen atoms in total. The zero-order chi connectivity index (χ0) is 12.4. The molecule has 4 heteroatoms. The SMILES string of the molecule is CCOC(=O)c1cc(O)c2ccc(Cl)cc2c1. The molecule has 17 heavy (non-hydrogen) atoms. The maximum atomic E-state index is 11.6. The van der Waals surface area contributed by atoms with E-state index in [0.29, 0.717) is 28.0 Å². The monoisotopic (exact) mass is 250 g/mol. The van der Waals surface area contributed by atoms with E-state index in [4.69, 9.17) is 16.3 Å². The summed E-state index contributed by atoms with van der Waals surface area (Å²) in [5.41, 5.74) is 0.319. The Morgan fingerprint density at radius 2 is 2.12 bits per heavy atom. The fourth-order valence-corrected chi connectivity index (χ4v) is 1.83. The molecule has 0 aliphatic carbocycles. The molecule has 2 aromatic carbocycles. The summed E-state index contributed by atoms with van der Waals surface area (Å²) in [6.45, 7) is 2.03. The molecule has 1 N–H and O–H groups in total. The number of carbonyl (C=O) groups is 1. The van der Waals surface area contributed by atoms with Gasteiger partial charge in [0.15, 0.2) is 0 Å². The van der Waals surface area contributed by atoms with Gasteiger partial charge in [0.05, 0.1) is 12.2 Å². The van der Waals surface area contributed by atoms with E-state index in [1.807, 2.05) is 0 Å². The van der Waals surface area contributed by atoms with Crippen LogP contribution in [0.25, 0.3) is 10.8 Å². The summed E-state index contributed by atoms with van der Waals surface area (Å²) in [6.07, 6.45) is 0. The average Bonchev–Trinajstić information content (AvgIpc) is 2.28. The molecule has 0 aromatic heterocycles. The molecule has 0 unspecified atom stereocenters. The van der Waals surface area contributed by atoms with Crippen LogP contribution in [0.3, 0.4) is 0 Å². The standard InChI is InChI=1S/C13H11ClO3/c1-2-17-13(16)9-5-8-6-10(14)3-4-11(8)12(15)7-9/h3-7,15H,2H2,1H3. The molecule has 0 aliphatic heterocycles. The molecule has 0 heterocycles. The van der Waals surface area contributed by atoms with E-state index >= 15 is 0 Å². The highest BCUT2D eigenvalue weighted by molar-refractivity contribution is 6.31. The van der Waals surface area contributed by atoms with Crippen LogP contribution in [0.2, 0.25) is 5.02 Å². The Labute approximate surface area is 104 Å². The molecule has 0 radical (unpaired) electrons. The third-order valence-corrected chi connectivity index (χ3v) is 2.64. The van der Waals surface area contributed by atoms with Gasteiger partial charge in [0, 0.05) is 10.4 Å². The van der Waals surface area contributed by atoms with E-state index in [2.05, 4.69) is 0 Å². The van der Waals surface area contributed by atoms with E-state index in [-0.39, 0.29) is 5.75 Å². The van der Waals surface area contributed by atoms with Crippen LogP contribution in [0.5, 0.6) is 5.75 Å². The van der Waals surface area contributed by atoms with Gasteiger partial charge < -0.3 is 9.84 Å². The third kappa shape index (κ3) is 2.34. The van der Waals surface area contributed by atoms with Crippen molar-refractivity contribution < 1.29 is 14.6 Å². The summed E-state index contributed by atoms with van der Waals surface area (Å²) >= 11 is 5.87.